The Kier molecular flexibility index (Phi) is 6.68. The van der Waals surface area contributed by atoms with Gasteiger partial charge in [-0.25, -0.2) is 4.98 Å². The van der Waals surface area contributed by atoms with E-state index in [0.717, 1.165) is 38.4 Å². The van der Waals surface area contributed by atoms with Crippen LogP contribution in [-0.4, -0.2) is 90.0 Å². The predicted octanol–water partition coefficient (Wildman–Crippen LogP) is 2.16. The highest BCUT2D eigenvalue weighted by Crippen LogP contribution is 2.29. The van der Waals surface area contributed by atoms with Gasteiger partial charge in [0.2, 0.25) is 5.91 Å². The second kappa shape index (κ2) is 8.87. The van der Waals surface area contributed by atoms with Gasteiger partial charge in [-0.05, 0) is 32.9 Å². The molecule has 2 fully saturated rings. The molecule has 1 amide bonds. The van der Waals surface area contributed by atoms with Crippen molar-refractivity contribution < 1.29 is 18.0 Å². The summed E-state index contributed by atoms with van der Waals surface area (Å²) in [5, 5.41) is 0. The number of carbonyl (C=O) groups is 1. The van der Waals surface area contributed by atoms with Crippen molar-refractivity contribution in [3.8, 4) is 0 Å². The van der Waals surface area contributed by atoms with Crippen molar-refractivity contribution in [3.63, 3.8) is 0 Å². The van der Waals surface area contributed by atoms with Crippen molar-refractivity contribution >= 4 is 11.7 Å². The highest BCUT2D eigenvalue weighted by Gasteiger charge is 2.32. The zero-order chi connectivity index (χ0) is 21.2. The van der Waals surface area contributed by atoms with Gasteiger partial charge in [0.25, 0.3) is 0 Å². The van der Waals surface area contributed by atoms with Gasteiger partial charge in [-0.3, -0.25) is 14.6 Å². The molecule has 3 rings (SSSR count). The first-order valence-electron chi connectivity index (χ1n) is 10.2. The lowest BCUT2D eigenvalue weighted by atomic mass is 10.1. The molecule has 1 unspecified atom stereocenters. The summed E-state index contributed by atoms with van der Waals surface area (Å²) in [6.45, 7) is 12.1. The van der Waals surface area contributed by atoms with Crippen molar-refractivity contribution in [2.45, 2.75) is 39.0 Å². The molecule has 0 aromatic carbocycles. The predicted molar refractivity (Wildman–Crippen MR) is 106 cm³/mol. The molecule has 0 radical (unpaired) electrons. The number of pyridine rings is 1. The molecule has 2 aliphatic rings. The number of anilines is 1. The first-order chi connectivity index (χ1) is 13.6. The third kappa shape index (κ3) is 5.39. The molecule has 1 aromatic rings. The fourth-order valence-electron chi connectivity index (χ4n) is 3.94. The minimum Gasteiger partial charge on any atom is -0.354 e. The quantitative estimate of drug-likeness (QED) is 0.757. The summed E-state index contributed by atoms with van der Waals surface area (Å²) in [4.78, 5) is 25.1. The lowest BCUT2D eigenvalue weighted by molar-refractivity contribution is -0.138. The minimum atomic E-state index is -4.38. The van der Waals surface area contributed by atoms with E-state index in [2.05, 4.69) is 28.6 Å². The molecule has 29 heavy (non-hydrogen) atoms. The van der Waals surface area contributed by atoms with Crippen molar-refractivity contribution in [2.24, 2.45) is 0 Å². The molecule has 0 saturated carbocycles. The maximum absolute atomic E-state index is 12.7. The second-order valence-corrected chi connectivity index (χ2v) is 8.18. The Hall–Kier alpha value is -1.87. The Morgan fingerprint density at radius 3 is 2.34 bits per heavy atom. The summed E-state index contributed by atoms with van der Waals surface area (Å²) >= 11 is 0. The molecule has 9 heteroatoms. The van der Waals surface area contributed by atoms with Gasteiger partial charge in [0.05, 0.1) is 12.1 Å². The Labute approximate surface area is 170 Å². The summed E-state index contributed by atoms with van der Waals surface area (Å²) in [5.41, 5.74) is -0.740. The van der Waals surface area contributed by atoms with Gasteiger partial charge in [0.15, 0.2) is 0 Å². The zero-order valence-corrected chi connectivity index (χ0v) is 17.3. The van der Waals surface area contributed by atoms with Crippen molar-refractivity contribution in [2.75, 3.05) is 57.3 Å². The molecule has 2 saturated heterocycles. The number of hydrogen-bond acceptors (Lipinski definition) is 5. The largest absolute Gasteiger partial charge is 0.417 e. The minimum absolute atomic E-state index is 0.119. The van der Waals surface area contributed by atoms with Crippen LogP contribution in [-0.2, 0) is 11.0 Å². The van der Waals surface area contributed by atoms with Crippen LogP contribution in [0, 0.1) is 0 Å². The monoisotopic (exact) mass is 413 g/mol. The van der Waals surface area contributed by atoms with Gasteiger partial charge in [0, 0.05) is 64.1 Å². The molecule has 1 aromatic heterocycles. The van der Waals surface area contributed by atoms with E-state index >= 15 is 0 Å². The number of piperazine rings is 2. The van der Waals surface area contributed by atoms with Gasteiger partial charge >= 0.3 is 6.18 Å². The summed E-state index contributed by atoms with van der Waals surface area (Å²) < 4.78 is 38.1. The normalized spacial score (nSPS) is 22.4. The van der Waals surface area contributed by atoms with Gasteiger partial charge in [0.1, 0.15) is 5.82 Å². The van der Waals surface area contributed by atoms with Crippen LogP contribution in [0.3, 0.4) is 0 Å². The third-order valence-corrected chi connectivity index (χ3v) is 5.90. The van der Waals surface area contributed by atoms with E-state index < -0.39 is 11.7 Å². The number of aromatic nitrogens is 1. The van der Waals surface area contributed by atoms with Crippen LogP contribution in [0.4, 0.5) is 19.0 Å². The van der Waals surface area contributed by atoms with Gasteiger partial charge < -0.3 is 9.80 Å². The topological polar surface area (TPSA) is 42.9 Å². The zero-order valence-electron chi connectivity index (χ0n) is 17.3. The Balaban J connectivity index is 1.51. The highest BCUT2D eigenvalue weighted by molar-refractivity contribution is 5.78. The van der Waals surface area contributed by atoms with E-state index in [1.54, 1.807) is 0 Å². The lowest BCUT2D eigenvalue weighted by Gasteiger charge is -2.42. The number of hydrogen-bond donors (Lipinski definition) is 0. The van der Waals surface area contributed by atoms with E-state index in [9.17, 15) is 18.0 Å². The maximum atomic E-state index is 12.7. The van der Waals surface area contributed by atoms with Crippen LogP contribution in [0.1, 0.15) is 26.3 Å². The molecule has 0 bridgehead atoms. The fourth-order valence-corrected chi connectivity index (χ4v) is 3.94. The maximum Gasteiger partial charge on any atom is 0.417 e. The highest BCUT2D eigenvalue weighted by atomic mass is 19.4. The van der Waals surface area contributed by atoms with E-state index in [1.807, 2.05) is 16.7 Å². The van der Waals surface area contributed by atoms with Gasteiger partial charge in [-0.2, -0.15) is 13.2 Å². The van der Waals surface area contributed by atoms with Crippen LogP contribution in [0.2, 0.25) is 0 Å². The molecular weight excluding hydrogens is 383 g/mol. The number of carbonyl (C=O) groups excluding carboxylic acids is 1. The van der Waals surface area contributed by atoms with Crippen LogP contribution in [0.5, 0.6) is 0 Å². The number of halogens is 3. The Morgan fingerprint density at radius 1 is 1.14 bits per heavy atom. The van der Waals surface area contributed by atoms with Gasteiger partial charge in [-0.15, -0.1) is 0 Å². The molecule has 162 valence electrons. The van der Waals surface area contributed by atoms with Crippen molar-refractivity contribution in [1.82, 2.24) is 19.7 Å². The van der Waals surface area contributed by atoms with Gasteiger partial charge in [-0.1, -0.05) is 0 Å². The van der Waals surface area contributed by atoms with Crippen LogP contribution < -0.4 is 4.90 Å². The number of amides is 1. The van der Waals surface area contributed by atoms with Crippen LogP contribution in [0.15, 0.2) is 18.3 Å². The molecule has 6 nitrogen and oxygen atoms in total. The molecule has 2 aliphatic heterocycles. The van der Waals surface area contributed by atoms with E-state index in [4.69, 9.17) is 0 Å². The fraction of sp³-hybridized carbons (Fsp3) is 0.700. The molecule has 1 atom stereocenters. The third-order valence-electron chi connectivity index (χ3n) is 5.90. The first-order valence-corrected chi connectivity index (χ1v) is 10.2. The van der Waals surface area contributed by atoms with Crippen molar-refractivity contribution in [1.29, 1.82) is 0 Å². The smallest absolute Gasteiger partial charge is 0.354 e. The summed E-state index contributed by atoms with van der Waals surface area (Å²) in [6, 6.07) is 3.11. The Morgan fingerprint density at radius 2 is 1.83 bits per heavy atom. The molecule has 0 spiro atoms. The standard InChI is InChI=1S/C20H30F3N5O/c1-15(2)25-6-8-26(9-7-25)19(29)14-27-10-11-28(13-16(27)3)18-5-4-17(12-24-18)20(21,22)23/h4-5,12,15-16H,6-11,13-14H2,1-3H3. The Bertz CT molecular complexity index is 686. The molecule has 0 N–H and O–H groups in total. The van der Waals surface area contributed by atoms with E-state index in [0.29, 0.717) is 38.0 Å². The SMILES string of the molecule is CC(C)N1CCN(C(=O)CN2CCN(c3ccc(C(F)(F)F)cn3)CC2C)CC1. The second-order valence-electron chi connectivity index (χ2n) is 8.18. The van der Waals surface area contributed by atoms with Crippen LogP contribution >= 0.6 is 0 Å². The summed E-state index contributed by atoms with van der Waals surface area (Å²) in [7, 11) is 0. The summed E-state index contributed by atoms with van der Waals surface area (Å²) in [6.07, 6.45) is -3.49. The number of nitrogens with zero attached hydrogens (tertiary/aromatic N) is 5. The molecular formula is C20H30F3N5O. The summed E-state index contributed by atoms with van der Waals surface area (Å²) in [5.74, 6) is 0.696. The van der Waals surface area contributed by atoms with E-state index in [1.165, 1.54) is 6.07 Å². The first kappa shape index (κ1) is 21.8. The molecule has 3 heterocycles. The van der Waals surface area contributed by atoms with E-state index in [-0.39, 0.29) is 11.9 Å². The van der Waals surface area contributed by atoms with Crippen LogP contribution in [0.25, 0.3) is 0 Å². The number of alkyl halides is 3. The molecule has 0 aliphatic carbocycles. The van der Waals surface area contributed by atoms with Crippen molar-refractivity contribution in [3.05, 3.63) is 23.9 Å². The lowest BCUT2D eigenvalue weighted by Crippen LogP contribution is -2.57. The number of rotatable bonds is 4. The average molecular weight is 413 g/mol. The average Bonchev–Trinajstić information content (AvgIpc) is 2.69.